The van der Waals surface area contributed by atoms with Crippen molar-refractivity contribution in [2.75, 3.05) is 0 Å². The van der Waals surface area contributed by atoms with Gasteiger partial charge in [0.05, 0.1) is 22.9 Å². The molecule has 0 amide bonds. The highest BCUT2D eigenvalue weighted by Crippen LogP contribution is 2.17. The van der Waals surface area contributed by atoms with E-state index in [9.17, 15) is 4.79 Å². The van der Waals surface area contributed by atoms with Crippen molar-refractivity contribution < 1.29 is 4.79 Å². The molecule has 3 aromatic rings. The summed E-state index contributed by atoms with van der Waals surface area (Å²) >= 11 is 3.37. The summed E-state index contributed by atoms with van der Waals surface area (Å²) in [5.41, 5.74) is 2.94. The zero-order valence-corrected chi connectivity index (χ0v) is 12.6. The number of fused-ring (bicyclic) bond motifs is 1. The van der Waals surface area contributed by atoms with Gasteiger partial charge in [-0.1, -0.05) is 40.2 Å². The first-order chi connectivity index (χ1) is 10.2. The zero-order chi connectivity index (χ0) is 14.7. The summed E-state index contributed by atoms with van der Waals surface area (Å²) in [6, 6.07) is 15.0. The normalized spacial score (nSPS) is 11.1. The van der Waals surface area contributed by atoms with Crippen molar-refractivity contribution >= 4 is 38.8 Å². The van der Waals surface area contributed by atoms with Crippen LogP contribution in [0.25, 0.3) is 17.1 Å². The molecule has 0 fully saturated rings. The molecular formula is C17H11BrN2O. The van der Waals surface area contributed by atoms with E-state index < -0.39 is 0 Å². The Morgan fingerprint density at radius 2 is 1.71 bits per heavy atom. The molecule has 0 N–H and O–H groups in total. The second-order valence-corrected chi connectivity index (χ2v) is 5.32. The van der Waals surface area contributed by atoms with Gasteiger partial charge >= 0.3 is 0 Å². The highest BCUT2D eigenvalue weighted by atomic mass is 79.9. The summed E-state index contributed by atoms with van der Waals surface area (Å²) < 4.78 is 0.782. The predicted molar refractivity (Wildman–Crippen MR) is 87.0 cm³/mol. The number of benzene rings is 2. The molecule has 4 heteroatoms. The highest BCUT2D eigenvalue weighted by molar-refractivity contribution is 9.10. The fraction of sp³-hybridized carbons (Fsp3) is 0. The Bertz CT molecular complexity index is 843. The van der Waals surface area contributed by atoms with E-state index >= 15 is 0 Å². The Labute approximate surface area is 130 Å². The Hall–Kier alpha value is -2.33. The molecule has 0 atom stereocenters. The van der Waals surface area contributed by atoms with E-state index in [4.69, 9.17) is 0 Å². The number of hydrogen-bond donors (Lipinski definition) is 0. The fourth-order valence-electron chi connectivity index (χ4n) is 1.96. The largest absolute Gasteiger partial charge is 0.289 e. The van der Waals surface area contributed by atoms with Gasteiger partial charge in [-0.05, 0) is 36.4 Å². The van der Waals surface area contributed by atoms with Gasteiger partial charge < -0.3 is 0 Å². The lowest BCUT2D eigenvalue weighted by Crippen LogP contribution is -1.95. The second kappa shape index (κ2) is 5.97. The van der Waals surface area contributed by atoms with Gasteiger partial charge in [-0.2, -0.15) is 0 Å². The molecular weight excluding hydrogens is 328 g/mol. The summed E-state index contributed by atoms with van der Waals surface area (Å²) in [7, 11) is 0. The van der Waals surface area contributed by atoms with E-state index in [1.54, 1.807) is 18.3 Å². The third kappa shape index (κ3) is 3.06. The molecule has 102 valence electrons. The fourth-order valence-corrected chi connectivity index (χ4v) is 2.44. The van der Waals surface area contributed by atoms with E-state index in [0.717, 1.165) is 15.5 Å². The molecule has 1 heterocycles. The molecule has 0 aliphatic heterocycles. The summed E-state index contributed by atoms with van der Waals surface area (Å²) in [5.74, 6) is -0.0718. The van der Waals surface area contributed by atoms with Gasteiger partial charge in [0.15, 0.2) is 5.78 Å². The van der Waals surface area contributed by atoms with Gasteiger partial charge in [-0.15, -0.1) is 0 Å². The maximum absolute atomic E-state index is 12.1. The minimum atomic E-state index is -0.0718. The molecule has 0 spiro atoms. The van der Waals surface area contributed by atoms with Crippen LogP contribution in [0.1, 0.15) is 16.1 Å². The quantitative estimate of drug-likeness (QED) is 0.528. The van der Waals surface area contributed by atoms with Crippen LogP contribution in [0.5, 0.6) is 0 Å². The average Bonchev–Trinajstić information content (AvgIpc) is 2.53. The number of nitrogens with zero attached hydrogens (tertiary/aromatic N) is 2. The first-order valence-electron chi connectivity index (χ1n) is 6.43. The topological polar surface area (TPSA) is 42.9 Å². The van der Waals surface area contributed by atoms with Gasteiger partial charge in [0.1, 0.15) is 0 Å². The SMILES string of the molecule is O=C(/C=C/c1cnc2ccccc2n1)c1ccccc1Br. The maximum Gasteiger partial charge on any atom is 0.187 e. The molecule has 3 rings (SSSR count). The van der Waals surface area contributed by atoms with Crippen LogP contribution in [-0.4, -0.2) is 15.8 Å². The molecule has 0 bridgehead atoms. The standard InChI is InChI=1S/C17H11BrN2O/c18-14-6-2-1-5-13(14)17(21)10-9-12-11-19-15-7-3-4-8-16(15)20-12/h1-11H/b10-9+. The first-order valence-corrected chi connectivity index (χ1v) is 7.22. The Kier molecular flexibility index (Phi) is 3.88. The number of rotatable bonds is 3. The van der Waals surface area contributed by atoms with Crippen molar-refractivity contribution in [3.05, 3.63) is 76.5 Å². The van der Waals surface area contributed by atoms with E-state index in [1.165, 1.54) is 6.08 Å². The first kappa shape index (κ1) is 13.6. The van der Waals surface area contributed by atoms with Crippen molar-refractivity contribution in [1.29, 1.82) is 0 Å². The molecule has 0 aliphatic rings. The van der Waals surface area contributed by atoms with Crippen LogP contribution in [0.3, 0.4) is 0 Å². The Morgan fingerprint density at radius 1 is 1.00 bits per heavy atom. The predicted octanol–water partition coefficient (Wildman–Crippen LogP) is 4.29. The van der Waals surface area contributed by atoms with Gasteiger partial charge in [0.25, 0.3) is 0 Å². The Morgan fingerprint density at radius 3 is 2.52 bits per heavy atom. The van der Waals surface area contributed by atoms with Crippen molar-refractivity contribution in [2.24, 2.45) is 0 Å². The number of allylic oxidation sites excluding steroid dienone is 1. The summed E-state index contributed by atoms with van der Waals surface area (Å²) in [6.07, 6.45) is 4.85. The van der Waals surface area contributed by atoms with Crippen LogP contribution >= 0.6 is 15.9 Å². The van der Waals surface area contributed by atoms with E-state index in [2.05, 4.69) is 25.9 Å². The van der Waals surface area contributed by atoms with Crippen LogP contribution in [0.15, 0.2) is 65.3 Å². The van der Waals surface area contributed by atoms with Crippen molar-refractivity contribution in [2.45, 2.75) is 0 Å². The molecule has 0 saturated carbocycles. The van der Waals surface area contributed by atoms with Crippen molar-refractivity contribution in [3.8, 4) is 0 Å². The molecule has 0 saturated heterocycles. The minimum Gasteiger partial charge on any atom is -0.289 e. The maximum atomic E-state index is 12.1. The molecule has 21 heavy (non-hydrogen) atoms. The van der Waals surface area contributed by atoms with Gasteiger partial charge in [0, 0.05) is 10.0 Å². The van der Waals surface area contributed by atoms with Crippen LogP contribution in [0.4, 0.5) is 0 Å². The monoisotopic (exact) mass is 338 g/mol. The lowest BCUT2D eigenvalue weighted by Gasteiger charge is -1.99. The van der Waals surface area contributed by atoms with Crippen LogP contribution in [-0.2, 0) is 0 Å². The van der Waals surface area contributed by atoms with Crippen molar-refractivity contribution in [1.82, 2.24) is 9.97 Å². The number of carbonyl (C=O) groups is 1. The van der Waals surface area contributed by atoms with Crippen LogP contribution < -0.4 is 0 Å². The number of halogens is 1. The van der Waals surface area contributed by atoms with Gasteiger partial charge in [0.2, 0.25) is 0 Å². The third-order valence-electron chi connectivity index (χ3n) is 3.01. The third-order valence-corrected chi connectivity index (χ3v) is 3.70. The van der Waals surface area contributed by atoms with Crippen LogP contribution in [0.2, 0.25) is 0 Å². The van der Waals surface area contributed by atoms with E-state index in [-0.39, 0.29) is 5.78 Å². The molecule has 3 nitrogen and oxygen atoms in total. The average molecular weight is 339 g/mol. The van der Waals surface area contributed by atoms with Gasteiger partial charge in [-0.3, -0.25) is 9.78 Å². The lowest BCUT2D eigenvalue weighted by atomic mass is 10.1. The molecule has 2 aromatic carbocycles. The molecule has 0 radical (unpaired) electrons. The van der Waals surface area contributed by atoms with Gasteiger partial charge in [-0.25, -0.2) is 4.98 Å². The molecule has 1 aromatic heterocycles. The number of para-hydroxylation sites is 2. The summed E-state index contributed by atoms with van der Waals surface area (Å²) in [4.78, 5) is 20.9. The number of aromatic nitrogens is 2. The van der Waals surface area contributed by atoms with Crippen molar-refractivity contribution in [3.63, 3.8) is 0 Å². The summed E-state index contributed by atoms with van der Waals surface area (Å²) in [5, 5.41) is 0. The minimum absolute atomic E-state index is 0.0718. The zero-order valence-electron chi connectivity index (χ0n) is 11.0. The number of hydrogen-bond acceptors (Lipinski definition) is 3. The van der Waals surface area contributed by atoms with E-state index in [1.807, 2.05) is 42.5 Å². The second-order valence-electron chi connectivity index (χ2n) is 4.46. The number of carbonyl (C=O) groups excluding carboxylic acids is 1. The highest BCUT2D eigenvalue weighted by Gasteiger charge is 2.05. The van der Waals surface area contributed by atoms with E-state index in [0.29, 0.717) is 11.3 Å². The molecule has 0 unspecified atom stereocenters. The number of ketones is 1. The van der Waals surface area contributed by atoms with Crippen LogP contribution in [0, 0.1) is 0 Å². The Balaban J connectivity index is 1.87. The smallest absolute Gasteiger partial charge is 0.187 e. The molecule has 0 aliphatic carbocycles. The summed E-state index contributed by atoms with van der Waals surface area (Å²) in [6.45, 7) is 0. The lowest BCUT2D eigenvalue weighted by molar-refractivity contribution is 0.104.